The first-order valence-corrected chi connectivity index (χ1v) is 7.07. The van der Waals surface area contributed by atoms with E-state index in [0.717, 1.165) is 0 Å². The van der Waals surface area contributed by atoms with E-state index in [-0.39, 0.29) is 19.4 Å². The molecule has 0 radical (unpaired) electrons. The number of rotatable bonds is 5. The lowest BCUT2D eigenvalue weighted by Gasteiger charge is -2.13. The molecule has 0 aromatic rings. The zero-order chi connectivity index (χ0) is 12.3. The van der Waals surface area contributed by atoms with Gasteiger partial charge in [0.25, 0.3) is 0 Å². The van der Waals surface area contributed by atoms with Gasteiger partial charge in [0.2, 0.25) is 0 Å². The van der Waals surface area contributed by atoms with Gasteiger partial charge in [0, 0.05) is 6.42 Å². The maximum atomic E-state index is 10.7. The van der Waals surface area contributed by atoms with Crippen molar-refractivity contribution in [3.05, 3.63) is 10.8 Å². The van der Waals surface area contributed by atoms with Gasteiger partial charge in [-0.25, -0.2) is 0 Å². The van der Waals surface area contributed by atoms with Crippen LogP contribution in [0.4, 0.5) is 0 Å². The van der Waals surface area contributed by atoms with E-state index in [4.69, 9.17) is 30.4 Å². The van der Waals surface area contributed by atoms with E-state index in [1.165, 1.54) is 0 Å². The Hall–Kier alpha value is -0.200. The van der Waals surface area contributed by atoms with Crippen molar-refractivity contribution in [2.45, 2.75) is 12.8 Å². The predicted molar refractivity (Wildman–Crippen MR) is 52.0 cm³/mol. The lowest BCUT2D eigenvalue weighted by atomic mass is 10.3. The molecule has 0 bridgehead atoms. The number of aliphatic hydroxyl groups is 1. The van der Waals surface area contributed by atoms with Crippen LogP contribution in [0, 0.1) is 0 Å². The Morgan fingerprint density at radius 1 is 1.07 bits per heavy atom. The molecular weight excluding hydrogens is 248 g/mol. The van der Waals surface area contributed by atoms with Gasteiger partial charge in [-0.15, -0.1) is 0 Å². The largest absolute Gasteiger partial charge is 0.511 e. The summed E-state index contributed by atoms with van der Waals surface area (Å²) in [6.45, 7) is 0.125. The molecular formula is C5H13NO7P2. The van der Waals surface area contributed by atoms with Crippen LogP contribution >= 0.6 is 15.2 Å². The van der Waals surface area contributed by atoms with Crippen molar-refractivity contribution in [2.75, 3.05) is 6.54 Å². The molecule has 0 fully saturated rings. The second kappa shape index (κ2) is 5.23. The third-order valence-electron chi connectivity index (χ3n) is 1.43. The van der Waals surface area contributed by atoms with Gasteiger partial charge in [0.15, 0.2) is 5.06 Å². The zero-order valence-electron chi connectivity index (χ0n) is 7.65. The predicted octanol–water partition coefficient (Wildman–Crippen LogP) is -0.192. The van der Waals surface area contributed by atoms with Crippen LogP contribution in [0.5, 0.6) is 0 Å². The molecule has 0 aliphatic heterocycles. The molecule has 0 unspecified atom stereocenters. The first-order valence-electron chi connectivity index (χ1n) is 3.85. The Bertz CT molecular complexity index is 315. The van der Waals surface area contributed by atoms with Crippen LogP contribution < -0.4 is 5.73 Å². The summed E-state index contributed by atoms with van der Waals surface area (Å²) >= 11 is 0. The molecule has 90 valence electrons. The topological polar surface area (TPSA) is 161 Å². The number of hydrogen-bond acceptors (Lipinski definition) is 4. The molecule has 0 heterocycles. The van der Waals surface area contributed by atoms with E-state index in [9.17, 15) is 9.13 Å². The summed E-state index contributed by atoms with van der Waals surface area (Å²) in [6, 6.07) is 0. The van der Waals surface area contributed by atoms with Crippen LogP contribution in [0.1, 0.15) is 12.8 Å². The van der Waals surface area contributed by atoms with Gasteiger partial charge in [0.1, 0.15) is 5.76 Å². The summed E-state index contributed by atoms with van der Waals surface area (Å²) in [6.07, 6.45) is -0.128. The van der Waals surface area contributed by atoms with Crippen LogP contribution in [0.15, 0.2) is 10.8 Å². The first-order chi connectivity index (χ1) is 6.60. The summed E-state index contributed by atoms with van der Waals surface area (Å²) in [5.41, 5.74) is 5.07. The minimum atomic E-state index is -5.17. The van der Waals surface area contributed by atoms with Crippen molar-refractivity contribution in [3.8, 4) is 0 Å². The highest BCUT2D eigenvalue weighted by Crippen LogP contribution is 2.65. The number of nitrogens with two attached hydrogens (primary N) is 1. The zero-order valence-corrected chi connectivity index (χ0v) is 9.43. The summed E-state index contributed by atoms with van der Waals surface area (Å²) in [5.74, 6) is -0.998. The molecule has 0 aromatic heterocycles. The van der Waals surface area contributed by atoms with Crippen LogP contribution in [0.25, 0.3) is 0 Å². The molecule has 0 atom stereocenters. The van der Waals surface area contributed by atoms with Gasteiger partial charge in [-0.2, -0.15) is 0 Å². The van der Waals surface area contributed by atoms with E-state index in [2.05, 4.69) is 0 Å². The maximum absolute atomic E-state index is 10.7. The molecule has 10 heteroatoms. The van der Waals surface area contributed by atoms with E-state index in [1.807, 2.05) is 0 Å². The molecule has 0 aliphatic carbocycles. The molecule has 0 aliphatic rings. The second-order valence-electron chi connectivity index (χ2n) is 2.75. The highest BCUT2D eigenvalue weighted by Gasteiger charge is 2.39. The maximum Gasteiger partial charge on any atom is 0.367 e. The van der Waals surface area contributed by atoms with Crippen molar-refractivity contribution >= 4 is 15.2 Å². The molecule has 0 rings (SSSR count). The third kappa shape index (κ3) is 4.90. The average Bonchev–Trinajstić information content (AvgIpc) is 1.94. The normalized spacial score (nSPS) is 12.6. The average molecular weight is 261 g/mol. The monoisotopic (exact) mass is 261 g/mol. The summed E-state index contributed by atoms with van der Waals surface area (Å²) in [5, 5.41) is 7.63. The number of hydrogen-bond donors (Lipinski definition) is 6. The molecule has 0 aromatic carbocycles. The van der Waals surface area contributed by atoms with Gasteiger partial charge >= 0.3 is 15.2 Å². The molecule has 0 saturated carbocycles. The van der Waals surface area contributed by atoms with Crippen LogP contribution in [0.2, 0.25) is 0 Å². The minimum Gasteiger partial charge on any atom is -0.511 e. The highest BCUT2D eigenvalue weighted by molar-refractivity contribution is 7.77. The van der Waals surface area contributed by atoms with Crippen LogP contribution in [-0.4, -0.2) is 31.2 Å². The first kappa shape index (κ1) is 14.8. The molecule has 7 N–H and O–H groups in total. The van der Waals surface area contributed by atoms with Gasteiger partial charge in [-0.1, -0.05) is 0 Å². The van der Waals surface area contributed by atoms with E-state index < -0.39 is 26.0 Å². The van der Waals surface area contributed by atoms with E-state index in [1.54, 1.807) is 0 Å². The van der Waals surface area contributed by atoms with Crippen molar-refractivity contribution in [1.29, 1.82) is 0 Å². The standard InChI is InChI=1S/C5H13NO7P2/c6-3-1-2-4(7)5(14(8,9)10)15(11,12)13/h7H,1-3,6H2,(H2,8,9,10)(H2,11,12,13). The smallest absolute Gasteiger partial charge is 0.367 e. The van der Waals surface area contributed by atoms with Gasteiger partial charge in [-0.05, 0) is 13.0 Å². The van der Waals surface area contributed by atoms with Crippen molar-refractivity contribution in [3.63, 3.8) is 0 Å². The minimum absolute atomic E-state index is 0.125. The van der Waals surface area contributed by atoms with Gasteiger partial charge < -0.3 is 30.4 Å². The number of allylic oxidation sites excluding steroid dienone is 1. The highest BCUT2D eigenvalue weighted by atomic mass is 31.2. The number of aliphatic hydroxyl groups excluding tert-OH is 1. The van der Waals surface area contributed by atoms with Crippen LogP contribution in [0.3, 0.4) is 0 Å². The SMILES string of the molecule is NCCCC(O)=C(P(=O)(O)O)P(=O)(O)O. The second-order valence-corrected chi connectivity index (χ2v) is 6.17. The molecule has 0 spiro atoms. The van der Waals surface area contributed by atoms with E-state index >= 15 is 0 Å². The Morgan fingerprint density at radius 2 is 1.47 bits per heavy atom. The van der Waals surface area contributed by atoms with Crippen molar-refractivity contribution < 1.29 is 33.8 Å². The Labute approximate surface area is 85.7 Å². The fourth-order valence-electron chi connectivity index (χ4n) is 0.887. The van der Waals surface area contributed by atoms with Gasteiger partial charge in [-0.3, -0.25) is 9.13 Å². The fourth-order valence-corrected chi connectivity index (χ4v) is 3.14. The van der Waals surface area contributed by atoms with Gasteiger partial charge in [0.05, 0.1) is 0 Å². The molecule has 15 heavy (non-hydrogen) atoms. The molecule has 0 saturated heterocycles. The summed E-state index contributed by atoms with van der Waals surface area (Å²) < 4.78 is 21.5. The Morgan fingerprint density at radius 3 is 1.73 bits per heavy atom. The van der Waals surface area contributed by atoms with E-state index in [0.29, 0.717) is 0 Å². The summed E-state index contributed by atoms with van der Waals surface area (Å²) in [4.78, 5) is 34.6. The Kier molecular flexibility index (Phi) is 5.16. The van der Waals surface area contributed by atoms with Crippen molar-refractivity contribution in [2.24, 2.45) is 5.73 Å². The molecule has 0 amide bonds. The lowest BCUT2D eigenvalue weighted by molar-refractivity contribution is 0.347. The lowest BCUT2D eigenvalue weighted by Crippen LogP contribution is -2.01. The quantitative estimate of drug-likeness (QED) is 0.293. The Balaban J connectivity index is 5.29. The summed E-state index contributed by atoms with van der Waals surface area (Å²) in [7, 11) is -10.3. The van der Waals surface area contributed by atoms with Crippen LogP contribution in [-0.2, 0) is 9.13 Å². The molecule has 8 nitrogen and oxygen atoms in total. The van der Waals surface area contributed by atoms with Crippen molar-refractivity contribution in [1.82, 2.24) is 0 Å². The fraction of sp³-hybridized carbons (Fsp3) is 0.600. The third-order valence-corrected chi connectivity index (χ3v) is 4.61.